The van der Waals surface area contributed by atoms with Crippen molar-refractivity contribution >= 4 is 21.9 Å². The zero-order valence-electron chi connectivity index (χ0n) is 8.53. The second-order valence-corrected chi connectivity index (χ2v) is 6.10. The predicted octanol–water partition coefficient (Wildman–Crippen LogP) is 2.09. The third kappa shape index (κ3) is 2.08. The molecule has 0 aromatic heterocycles. The molecule has 2 rings (SSSR count). The molecule has 78 valence electrons. The number of hydrogen-bond acceptors (Lipinski definition) is 1. The minimum Gasteiger partial charge on any atom is -0.306 e. The second kappa shape index (κ2) is 3.89. The summed E-state index contributed by atoms with van der Waals surface area (Å²) in [6, 6.07) is 0. The van der Waals surface area contributed by atoms with Crippen LogP contribution in [0.1, 0.15) is 26.2 Å². The first-order valence-electron chi connectivity index (χ1n) is 5.20. The van der Waals surface area contributed by atoms with E-state index in [9.17, 15) is 4.79 Å². The third-order valence-corrected chi connectivity index (χ3v) is 4.97. The maximum Gasteiger partial charge on any atom is 0.233 e. The molecule has 1 amide bonds. The van der Waals surface area contributed by atoms with Crippen LogP contribution in [0.5, 0.6) is 0 Å². The summed E-state index contributed by atoms with van der Waals surface area (Å²) in [5, 5.41) is 2.88. The molecular weight excluding hydrogens is 194 g/mol. The molecule has 3 heteroatoms. The van der Waals surface area contributed by atoms with Crippen LogP contribution in [0.2, 0.25) is 0 Å². The average Bonchev–Trinajstić information content (AvgIpc) is 3.04. The van der Waals surface area contributed by atoms with E-state index in [0.29, 0.717) is 5.92 Å². The van der Waals surface area contributed by atoms with Gasteiger partial charge in [0.1, 0.15) is 0 Å². The highest BCUT2D eigenvalue weighted by molar-refractivity contribution is 8.14. The molecule has 0 spiro atoms. The van der Waals surface area contributed by atoms with Gasteiger partial charge in [0, 0.05) is 11.2 Å². The molecule has 0 saturated heterocycles. The molecule has 0 aromatic carbocycles. The van der Waals surface area contributed by atoms with E-state index in [4.69, 9.17) is 0 Å². The van der Waals surface area contributed by atoms with Gasteiger partial charge in [0.25, 0.3) is 0 Å². The summed E-state index contributed by atoms with van der Waals surface area (Å²) in [5.41, 5.74) is 0. The highest BCUT2D eigenvalue weighted by Gasteiger charge is 2.41. The maximum absolute atomic E-state index is 11.7. The molecule has 2 aliphatic rings. The van der Waals surface area contributed by atoms with E-state index in [1.54, 1.807) is 0 Å². The van der Waals surface area contributed by atoms with Gasteiger partial charge in [0.15, 0.2) is 0 Å². The van der Waals surface area contributed by atoms with E-state index in [1.165, 1.54) is 12.8 Å². The Morgan fingerprint density at radius 2 is 2.29 bits per heavy atom. The lowest BCUT2D eigenvalue weighted by atomic mass is 10.3. The smallest absolute Gasteiger partial charge is 0.233 e. The van der Waals surface area contributed by atoms with E-state index in [0.717, 1.165) is 11.7 Å². The zero-order valence-corrected chi connectivity index (χ0v) is 9.35. The Hall–Kier alpha value is -0.570. The molecule has 1 N–H and O–H groups in total. The van der Waals surface area contributed by atoms with Crippen LogP contribution in [0.4, 0.5) is 0 Å². The van der Waals surface area contributed by atoms with Gasteiger partial charge in [0.05, 0.1) is 0 Å². The van der Waals surface area contributed by atoms with E-state index in [1.807, 2.05) is 13.0 Å². The van der Waals surface area contributed by atoms with Crippen molar-refractivity contribution < 1.29 is 4.79 Å². The van der Waals surface area contributed by atoms with Crippen molar-refractivity contribution in [2.75, 3.05) is 0 Å². The van der Waals surface area contributed by atoms with Gasteiger partial charge >= 0.3 is 0 Å². The highest BCUT2D eigenvalue weighted by Crippen LogP contribution is 2.42. The number of allylic oxidation sites excluding steroid dienone is 1. The lowest BCUT2D eigenvalue weighted by Gasteiger charge is -2.08. The largest absolute Gasteiger partial charge is 0.306 e. The van der Waals surface area contributed by atoms with E-state index in [-0.39, 0.29) is 22.5 Å². The number of carbonyl (C=O) groups is 1. The summed E-state index contributed by atoms with van der Waals surface area (Å²) in [6.07, 6.45) is 5.46. The Bertz CT molecular complexity index is 294. The fourth-order valence-electron chi connectivity index (χ4n) is 1.63. The van der Waals surface area contributed by atoms with Crippen LogP contribution >= 0.6 is 10.7 Å². The number of carbonyl (C=O) groups excluding carboxylic acids is 1. The molecule has 2 nitrogen and oxygen atoms in total. The summed E-state index contributed by atoms with van der Waals surface area (Å²) in [7, 11) is 0.0415. The molecule has 2 aliphatic carbocycles. The number of rotatable bonds is 4. The Morgan fingerprint density at radius 1 is 1.57 bits per heavy atom. The van der Waals surface area contributed by atoms with Crippen LogP contribution < -0.4 is 4.72 Å². The monoisotopic (exact) mass is 211 g/mol. The SMILES string of the molecule is C=C[C@@H]1C[C@@H]1C(=O)N/S(=C/C)C1CC1. The Balaban J connectivity index is 1.85. The highest BCUT2D eigenvalue weighted by atomic mass is 32.2. The standard InChI is InChI=1S/C11H17NOS/c1-3-8-7-10(8)11(13)12-14(4-2)9-5-6-9/h3-4,8-10H,1,5-7H2,2H3,(H,12,13)/t8-,10+,14?/m1/s1. The van der Waals surface area contributed by atoms with E-state index in [2.05, 4.69) is 16.7 Å². The molecule has 0 heterocycles. The quantitative estimate of drug-likeness (QED) is 0.560. The zero-order chi connectivity index (χ0) is 10.1. The fourth-order valence-corrected chi connectivity index (χ4v) is 3.32. The molecule has 3 atom stereocenters. The molecular formula is C11H17NOS. The number of amides is 1. The van der Waals surface area contributed by atoms with Crippen molar-refractivity contribution in [2.24, 2.45) is 11.8 Å². The lowest BCUT2D eigenvalue weighted by molar-refractivity contribution is -0.120. The average molecular weight is 211 g/mol. The summed E-state index contributed by atoms with van der Waals surface area (Å²) in [5.74, 6) is 0.904. The van der Waals surface area contributed by atoms with E-state index < -0.39 is 0 Å². The van der Waals surface area contributed by atoms with Crippen LogP contribution in [0.15, 0.2) is 12.7 Å². The van der Waals surface area contributed by atoms with Crippen LogP contribution in [0.25, 0.3) is 0 Å². The van der Waals surface area contributed by atoms with Crippen LogP contribution in [0, 0.1) is 11.8 Å². The van der Waals surface area contributed by atoms with Gasteiger partial charge in [0.2, 0.25) is 5.91 Å². The van der Waals surface area contributed by atoms with Gasteiger partial charge in [-0.2, -0.15) is 0 Å². The Morgan fingerprint density at radius 3 is 2.71 bits per heavy atom. The molecule has 0 radical (unpaired) electrons. The van der Waals surface area contributed by atoms with Gasteiger partial charge in [-0.3, -0.25) is 4.79 Å². The lowest BCUT2D eigenvalue weighted by Crippen LogP contribution is -2.21. The topological polar surface area (TPSA) is 29.1 Å². The van der Waals surface area contributed by atoms with Gasteiger partial charge in [-0.25, -0.2) is 0 Å². The maximum atomic E-state index is 11.7. The Kier molecular flexibility index (Phi) is 2.77. The van der Waals surface area contributed by atoms with Crippen molar-refractivity contribution in [3.63, 3.8) is 0 Å². The molecule has 14 heavy (non-hydrogen) atoms. The first-order valence-corrected chi connectivity index (χ1v) is 6.55. The second-order valence-electron chi connectivity index (χ2n) is 4.01. The van der Waals surface area contributed by atoms with Gasteiger partial charge in [-0.05, 0) is 37.5 Å². The molecule has 1 unspecified atom stereocenters. The van der Waals surface area contributed by atoms with E-state index >= 15 is 0 Å². The molecule has 0 aliphatic heterocycles. The summed E-state index contributed by atoms with van der Waals surface area (Å²) in [6.45, 7) is 5.76. The van der Waals surface area contributed by atoms with Crippen LogP contribution in [0.3, 0.4) is 0 Å². The minimum atomic E-state index is 0.0415. The summed E-state index contributed by atoms with van der Waals surface area (Å²) < 4.78 is 3.14. The molecule has 0 bridgehead atoms. The van der Waals surface area contributed by atoms with Crippen molar-refractivity contribution in [1.29, 1.82) is 0 Å². The van der Waals surface area contributed by atoms with Crippen LogP contribution in [-0.4, -0.2) is 16.5 Å². The first kappa shape index (κ1) is 9.97. The van der Waals surface area contributed by atoms with Crippen molar-refractivity contribution in [3.05, 3.63) is 12.7 Å². The van der Waals surface area contributed by atoms with Gasteiger partial charge in [-0.15, -0.1) is 6.58 Å². The predicted molar refractivity (Wildman–Crippen MR) is 62.3 cm³/mol. The first-order chi connectivity index (χ1) is 6.76. The van der Waals surface area contributed by atoms with Gasteiger partial charge < -0.3 is 4.72 Å². The number of hydrogen-bond donors (Lipinski definition) is 1. The van der Waals surface area contributed by atoms with Crippen molar-refractivity contribution in [1.82, 2.24) is 4.72 Å². The van der Waals surface area contributed by atoms with Crippen LogP contribution in [-0.2, 0) is 4.79 Å². The minimum absolute atomic E-state index is 0.0415. The van der Waals surface area contributed by atoms with Crippen molar-refractivity contribution in [3.8, 4) is 0 Å². The number of nitrogens with one attached hydrogen (secondary N) is 1. The Labute approximate surface area is 87.8 Å². The van der Waals surface area contributed by atoms with Crippen molar-refractivity contribution in [2.45, 2.75) is 31.4 Å². The molecule has 2 saturated carbocycles. The summed E-state index contributed by atoms with van der Waals surface area (Å²) in [4.78, 5) is 11.7. The molecule has 2 fully saturated rings. The third-order valence-electron chi connectivity index (χ3n) is 2.84. The summed E-state index contributed by atoms with van der Waals surface area (Å²) >= 11 is 0. The normalized spacial score (nSPS) is 32.4. The van der Waals surface area contributed by atoms with Gasteiger partial charge in [-0.1, -0.05) is 16.7 Å². The molecule has 0 aromatic rings. The fraction of sp³-hybridized carbons (Fsp3) is 0.636.